The number of carbonyl (C=O) groups is 1. The molecule has 2 aromatic carbocycles. The highest BCUT2D eigenvalue weighted by atomic mass is 19.3. The molecule has 0 atom stereocenters. The van der Waals surface area contributed by atoms with Crippen LogP contribution < -0.4 is 0 Å². The van der Waals surface area contributed by atoms with E-state index in [-0.39, 0.29) is 11.1 Å². The van der Waals surface area contributed by atoms with Crippen LogP contribution in [0.3, 0.4) is 0 Å². The van der Waals surface area contributed by atoms with Crippen LogP contribution in [-0.4, -0.2) is 11.1 Å². The molecule has 0 saturated heterocycles. The Hall–Kier alpha value is -1.97. The maximum absolute atomic E-state index is 12.6. The minimum atomic E-state index is -2.56. The van der Waals surface area contributed by atoms with Crippen molar-refractivity contribution in [1.29, 1.82) is 0 Å². The molecule has 4 heteroatoms. The predicted molar refractivity (Wildman–Crippen MR) is 55.9 cm³/mol. The molecule has 0 spiro atoms. The Morgan fingerprint density at radius 3 is 2.56 bits per heavy atom. The Kier molecular flexibility index (Phi) is 2.56. The number of carboxylic acid groups (broad SMARTS) is 1. The van der Waals surface area contributed by atoms with Crippen molar-refractivity contribution in [2.24, 2.45) is 0 Å². The van der Waals surface area contributed by atoms with Crippen molar-refractivity contribution in [2.45, 2.75) is 6.43 Å². The van der Waals surface area contributed by atoms with Crippen molar-refractivity contribution in [2.75, 3.05) is 0 Å². The van der Waals surface area contributed by atoms with Crippen LogP contribution in [0.1, 0.15) is 22.3 Å². The molecule has 0 aliphatic rings. The summed E-state index contributed by atoms with van der Waals surface area (Å²) in [5.41, 5.74) is 0.0216. The highest BCUT2D eigenvalue weighted by Gasteiger charge is 2.12. The average Bonchev–Trinajstić information content (AvgIpc) is 2.27. The van der Waals surface area contributed by atoms with E-state index in [1.807, 2.05) is 0 Å². The lowest BCUT2D eigenvalue weighted by atomic mass is 10.0. The lowest BCUT2D eigenvalue weighted by Crippen LogP contribution is -1.96. The fourth-order valence-electron chi connectivity index (χ4n) is 1.63. The summed E-state index contributed by atoms with van der Waals surface area (Å²) in [7, 11) is 0. The van der Waals surface area contributed by atoms with Crippen molar-refractivity contribution in [3.63, 3.8) is 0 Å². The lowest BCUT2D eigenvalue weighted by Gasteiger charge is -2.05. The molecule has 2 rings (SSSR count). The van der Waals surface area contributed by atoms with Gasteiger partial charge in [0.15, 0.2) is 0 Å². The topological polar surface area (TPSA) is 37.3 Å². The number of halogens is 2. The monoisotopic (exact) mass is 222 g/mol. The van der Waals surface area contributed by atoms with Gasteiger partial charge in [0.25, 0.3) is 6.43 Å². The van der Waals surface area contributed by atoms with Gasteiger partial charge in [-0.25, -0.2) is 13.6 Å². The van der Waals surface area contributed by atoms with Gasteiger partial charge in [-0.15, -0.1) is 0 Å². The van der Waals surface area contributed by atoms with Crippen molar-refractivity contribution in [3.8, 4) is 0 Å². The number of alkyl halides is 2. The summed E-state index contributed by atoms with van der Waals surface area (Å²) in [6.07, 6.45) is -2.56. The molecule has 0 radical (unpaired) electrons. The molecule has 16 heavy (non-hydrogen) atoms. The zero-order chi connectivity index (χ0) is 11.7. The quantitative estimate of drug-likeness (QED) is 0.844. The summed E-state index contributed by atoms with van der Waals surface area (Å²) in [5, 5.41) is 9.68. The second-order valence-corrected chi connectivity index (χ2v) is 3.39. The van der Waals surface area contributed by atoms with Crippen molar-refractivity contribution >= 4 is 16.7 Å². The Labute approximate surface area is 90.1 Å². The third-order valence-corrected chi connectivity index (χ3v) is 2.40. The number of rotatable bonds is 2. The third kappa shape index (κ3) is 1.74. The Bertz CT molecular complexity index is 550. The van der Waals surface area contributed by atoms with E-state index in [1.54, 1.807) is 6.07 Å². The third-order valence-electron chi connectivity index (χ3n) is 2.40. The van der Waals surface area contributed by atoms with Gasteiger partial charge in [-0.05, 0) is 22.9 Å². The molecule has 0 bridgehead atoms. The fraction of sp³-hybridized carbons (Fsp3) is 0.0833. The number of hydrogen-bond acceptors (Lipinski definition) is 1. The van der Waals surface area contributed by atoms with Crippen LogP contribution in [0.4, 0.5) is 8.78 Å². The van der Waals surface area contributed by atoms with Gasteiger partial charge < -0.3 is 5.11 Å². The maximum Gasteiger partial charge on any atom is 0.335 e. The first kappa shape index (κ1) is 10.5. The molecule has 82 valence electrons. The summed E-state index contributed by atoms with van der Waals surface area (Å²) >= 11 is 0. The van der Waals surface area contributed by atoms with E-state index in [2.05, 4.69) is 0 Å². The zero-order valence-corrected chi connectivity index (χ0v) is 8.15. The van der Waals surface area contributed by atoms with Gasteiger partial charge >= 0.3 is 5.97 Å². The molecule has 0 saturated carbocycles. The Morgan fingerprint density at radius 1 is 1.19 bits per heavy atom. The van der Waals surface area contributed by atoms with Gasteiger partial charge in [0.1, 0.15) is 0 Å². The van der Waals surface area contributed by atoms with Crippen LogP contribution in [-0.2, 0) is 0 Å². The largest absolute Gasteiger partial charge is 0.478 e. The molecule has 2 aromatic rings. The summed E-state index contributed by atoms with van der Waals surface area (Å²) in [4.78, 5) is 10.7. The van der Waals surface area contributed by atoms with Gasteiger partial charge in [-0.2, -0.15) is 0 Å². The Balaban J connectivity index is 2.68. The van der Waals surface area contributed by atoms with E-state index in [1.165, 1.54) is 30.3 Å². The van der Waals surface area contributed by atoms with Gasteiger partial charge in [0.05, 0.1) is 5.56 Å². The summed E-state index contributed by atoms with van der Waals surface area (Å²) < 4.78 is 25.3. The van der Waals surface area contributed by atoms with Gasteiger partial charge in [0, 0.05) is 5.56 Å². The lowest BCUT2D eigenvalue weighted by molar-refractivity contribution is 0.0697. The first-order valence-electron chi connectivity index (χ1n) is 4.63. The number of aromatic carboxylic acids is 1. The second-order valence-electron chi connectivity index (χ2n) is 3.39. The van der Waals surface area contributed by atoms with E-state index >= 15 is 0 Å². The van der Waals surface area contributed by atoms with E-state index in [0.29, 0.717) is 10.8 Å². The van der Waals surface area contributed by atoms with Crippen LogP contribution in [0, 0.1) is 0 Å². The highest BCUT2D eigenvalue weighted by molar-refractivity contribution is 5.95. The van der Waals surface area contributed by atoms with Crippen molar-refractivity contribution in [1.82, 2.24) is 0 Å². The molecule has 0 amide bonds. The first-order chi connectivity index (χ1) is 7.59. The molecular weight excluding hydrogens is 214 g/mol. The number of benzene rings is 2. The van der Waals surface area contributed by atoms with Gasteiger partial charge in [-0.3, -0.25) is 0 Å². The minimum Gasteiger partial charge on any atom is -0.478 e. The van der Waals surface area contributed by atoms with Crippen LogP contribution in [0.25, 0.3) is 10.8 Å². The summed E-state index contributed by atoms with van der Waals surface area (Å²) in [6, 6.07) is 8.59. The van der Waals surface area contributed by atoms with E-state index in [4.69, 9.17) is 5.11 Å². The van der Waals surface area contributed by atoms with Crippen LogP contribution in [0.2, 0.25) is 0 Å². The van der Waals surface area contributed by atoms with Crippen LogP contribution >= 0.6 is 0 Å². The van der Waals surface area contributed by atoms with E-state index in [9.17, 15) is 13.6 Å². The van der Waals surface area contributed by atoms with Gasteiger partial charge in [-0.1, -0.05) is 24.3 Å². The molecule has 2 nitrogen and oxygen atoms in total. The molecule has 0 heterocycles. The standard InChI is InChI=1S/C12H8F2O2/c13-11(14)10-3-1-2-7-6-8(12(15)16)4-5-9(7)10/h1-6,11H,(H,15,16). The minimum absolute atomic E-state index is 0.0746. The molecule has 0 unspecified atom stereocenters. The Morgan fingerprint density at radius 2 is 1.94 bits per heavy atom. The molecular formula is C12H8F2O2. The second kappa shape index (κ2) is 3.89. The van der Waals surface area contributed by atoms with Crippen molar-refractivity contribution in [3.05, 3.63) is 47.5 Å². The smallest absolute Gasteiger partial charge is 0.335 e. The zero-order valence-electron chi connectivity index (χ0n) is 8.15. The fourth-order valence-corrected chi connectivity index (χ4v) is 1.63. The summed E-state index contributed by atoms with van der Waals surface area (Å²) in [6.45, 7) is 0. The number of fused-ring (bicyclic) bond motifs is 1. The molecule has 0 fully saturated rings. The van der Waals surface area contributed by atoms with Crippen LogP contribution in [0.5, 0.6) is 0 Å². The molecule has 0 aliphatic carbocycles. The van der Waals surface area contributed by atoms with Crippen LogP contribution in [0.15, 0.2) is 36.4 Å². The highest BCUT2D eigenvalue weighted by Crippen LogP contribution is 2.28. The van der Waals surface area contributed by atoms with Gasteiger partial charge in [0.2, 0.25) is 0 Å². The summed E-state index contributed by atoms with van der Waals surface area (Å²) in [5.74, 6) is -1.07. The van der Waals surface area contributed by atoms with Crippen molar-refractivity contribution < 1.29 is 18.7 Å². The molecule has 0 aliphatic heterocycles. The van der Waals surface area contributed by atoms with E-state index in [0.717, 1.165) is 0 Å². The molecule has 1 N–H and O–H groups in total. The molecule has 0 aromatic heterocycles. The average molecular weight is 222 g/mol. The number of hydrogen-bond donors (Lipinski definition) is 1. The number of carboxylic acids is 1. The van der Waals surface area contributed by atoms with E-state index < -0.39 is 12.4 Å². The first-order valence-corrected chi connectivity index (χ1v) is 4.63. The maximum atomic E-state index is 12.6. The normalized spacial score (nSPS) is 10.9. The predicted octanol–water partition coefficient (Wildman–Crippen LogP) is 3.48. The SMILES string of the molecule is O=C(O)c1ccc2c(C(F)F)cccc2c1.